The summed E-state index contributed by atoms with van der Waals surface area (Å²) in [6.07, 6.45) is 3.79. The smallest absolute Gasteiger partial charge is 0.251 e. The number of nitrogens with one attached hydrogen (secondary N) is 2. The van der Waals surface area contributed by atoms with E-state index < -0.39 is 0 Å². The topological polar surface area (TPSA) is 61.4 Å². The van der Waals surface area contributed by atoms with Gasteiger partial charge in [-0.15, -0.1) is 0 Å². The Morgan fingerprint density at radius 1 is 1.17 bits per heavy atom. The van der Waals surface area contributed by atoms with Gasteiger partial charge in [-0.3, -0.25) is 9.59 Å². The maximum Gasteiger partial charge on any atom is 0.251 e. The van der Waals surface area contributed by atoms with Crippen molar-refractivity contribution in [1.29, 1.82) is 0 Å². The summed E-state index contributed by atoms with van der Waals surface area (Å²) in [5.74, 6) is 0.0110. The first kappa shape index (κ1) is 17.4. The molecular weight excluding hydrogens is 370 g/mol. The SMILES string of the molecule is O=C(NCCC(=O)N1CCC2(CCNC2)CC1)c1ccc(Br)cc1. The number of piperidine rings is 1. The third-order valence-electron chi connectivity index (χ3n) is 5.24. The van der Waals surface area contributed by atoms with Gasteiger partial charge in [0.25, 0.3) is 5.91 Å². The van der Waals surface area contributed by atoms with E-state index in [1.165, 1.54) is 6.42 Å². The summed E-state index contributed by atoms with van der Waals surface area (Å²) in [6, 6.07) is 7.20. The maximum absolute atomic E-state index is 12.3. The van der Waals surface area contributed by atoms with Gasteiger partial charge >= 0.3 is 0 Å². The van der Waals surface area contributed by atoms with Crippen LogP contribution in [0.1, 0.15) is 36.0 Å². The third-order valence-corrected chi connectivity index (χ3v) is 5.77. The van der Waals surface area contributed by atoms with Gasteiger partial charge in [-0.25, -0.2) is 0 Å². The van der Waals surface area contributed by atoms with Crippen molar-refractivity contribution in [2.24, 2.45) is 5.41 Å². The van der Waals surface area contributed by atoms with Crippen LogP contribution in [0, 0.1) is 5.41 Å². The van der Waals surface area contributed by atoms with Crippen LogP contribution in [0.4, 0.5) is 0 Å². The minimum Gasteiger partial charge on any atom is -0.352 e. The molecule has 2 amide bonds. The summed E-state index contributed by atoms with van der Waals surface area (Å²) in [4.78, 5) is 26.3. The number of rotatable bonds is 4. The summed E-state index contributed by atoms with van der Waals surface area (Å²) in [5, 5.41) is 6.26. The quantitative estimate of drug-likeness (QED) is 0.823. The molecule has 2 fully saturated rings. The zero-order valence-electron chi connectivity index (χ0n) is 13.8. The predicted molar refractivity (Wildman–Crippen MR) is 96.8 cm³/mol. The van der Waals surface area contributed by atoms with Crippen molar-refractivity contribution in [3.63, 3.8) is 0 Å². The average Bonchev–Trinajstić information content (AvgIpc) is 3.04. The first-order valence-corrected chi connectivity index (χ1v) is 9.40. The highest BCUT2D eigenvalue weighted by atomic mass is 79.9. The van der Waals surface area contributed by atoms with Gasteiger partial charge in [0.1, 0.15) is 0 Å². The lowest BCUT2D eigenvalue weighted by Gasteiger charge is -2.39. The van der Waals surface area contributed by atoms with E-state index in [0.717, 1.165) is 43.5 Å². The number of amides is 2. The second kappa shape index (κ2) is 7.66. The van der Waals surface area contributed by atoms with Crippen LogP contribution in [0.2, 0.25) is 0 Å². The molecule has 5 nitrogen and oxygen atoms in total. The Hall–Kier alpha value is -1.40. The molecule has 0 unspecified atom stereocenters. The van der Waals surface area contributed by atoms with Crippen molar-refractivity contribution in [2.75, 3.05) is 32.7 Å². The van der Waals surface area contributed by atoms with Crippen molar-refractivity contribution in [2.45, 2.75) is 25.7 Å². The minimum atomic E-state index is -0.134. The molecule has 130 valence electrons. The maximum atomic E-state index is 12.3. The zero-order valence-corrected chi connectivity index (χ0v) is 15.4. The van der Waals surface area contributed by atoms with E-state index in [-0.39, 0.29) is 11.8 Å². The highest BCUT2D eigenvalue weighted by molar-refractivity contribution is 9.10. The summed E-state index contributed by atoms with van der Waals surface area (Å²) in [7, 11) is 0. The summed E-state index contributed by atoms with van der Waals surface area (Å²) < 4.78 is 0.939. The molecule has 0 radical (unpaired) electrons. The molecule has 2 N–H and O–H groups in total. The Balaban J connectivity index is 1.40. The highest BCUT2D eigenvalue weighted by Gasteiger charge is 2.37. The molecule has 24 heavy (non-hydrogen) atoms. The number of nitrogens with zero attached hydrogens (tertiary/aromatic N) is 1. The second-order valence-electron chi connectivity index (χ2n) is 6.82. The van der Waals surface area contributed by atoms with E-state index in [0.29, 0.717) is 23.9 Å². The Labute approximate surface area is 151 Å². The third kappa shape index (κ3) is 4.16. The van der Waals surface area contributed by atoms with Gasteiger partial charge in [-0.2, -0.15) is 0 Å². The van der Waals surface area contributed by atoms with Crippen molar-refractivity contribution >= 4 is 27.7 Å². The first-order chi connectivity index (χ1) is 11.6. The average molecular weight is 394 g/mol. The number of likely N-dealkylation sites (tertiary alicyclic amines) is 1. The molecule has 2 heterocycles. The molecule has 0 saturated carbocycles. The molecule has 1 spiro atoms. The Morgan fingerprint density at radius 2 is 1.88 bits per heavy atom. The van der Waals surface area contributed by atoms with Gasteiger partial charge in [-0.05, 0) is 55.5 Å². The van der Waals surface area contributed by atoms with Crippen LogP contribution in [0.5, 0.6) is 0 Å². The lowest BCUT2D eigenvalue weighted by molar-refractivity contribution is -0.133. The molecular formula is C18H24BrN3O2. The molecule has 1 aromatic rings. The molecule has 6 heteroatoms. The molecule has 0 bridgehead atoms. The molecule has 0 aliphatic carbocycles. The van der Waals surface area contributed by atoms with Crippen LogP contribution in [0.25, 0.3) is 0 Å². The number of hydrogen-bond donors (Lipinski definition) is 2. The van der Waals surface area contributed by atoms with Gasteiger partial charge in [0.05, 0.1) is 0 Å². The molecule has 2 saturated heterocycles. The van der Waals surface area contributed by atoms with E-state index in [2.05, 4.69) is 26.6 Å². The van der Waals surface area contributed by atoms with Crippen LogP contribution in [-0.2, 0) is 4.79 Å². The monoisotopic (exact) mass is 393 g/mol. The Morgan fingerprint density at radius 3 is 2.50 bits per heavy atom. The summed E-state index contributed by atoms with van der Waals surface area (Å²) >= 11 is 3.35. The second-order valence-corrected chi connectivity index (χ2v) is 7.74. The van der Waals surface area contributed by atoms with E-state index in [1.807, 2.05) is 17.0 Å². The lowest BCUT2D eigenvalue weighted by Crippen LogP contribution is -2.44. The molecule has 0 atom stereocenters. The van der Waals surface area contributed by atoms with E-state index in [4.69, 9.17) is 0 Å². The molecule has 3 rings (SSSR count). The molecule has 2 aliphatic heterocycles. The van der Waals surface area contributed by atoms with Crippen molar-refractivity contribution in [3.05, 3.63) is 34.3 Å². The largest absolute Gasteiger partial charge is 0.352 e. The van der Waals surface area contributed by atoms with Crippen LogP contribution in [0.15, 0.2) is 28.7 Å². The van der Waals surface area contributed by atoms with Crippen molar-refractivity contribution in [1.82, 2.24) is 15.5 Å². The molecule has 0 aromatic heterocycles. The molecule has 1 aromatic carbocycles. The van der Waals surface area contributed by atoms with Crippen LogP contribution >= 0.6 is 15.9 Å². The van der Waals surface area contributed by atoms with Crippen LogP contribution in [-0.4, -0.2) is 49.4 Å². The summed E-state index contributed by atoms with van der Waals surface area (Å²) in [6.45, 7) is 4.29. The van der Waals surface area contributed by atoms with E-state index in [1.54, 1.807) is 12.1 Å². The van der Waals surface area contributed by atoms with Crippen molar-refractivity contribution < 1.29 is 9.59 Å². The number of carbonyl (C=O) groups is 2. The van der Waals surface area contributed by atoms with Crippen LogP contribution < -0.4 is 10.6 Å². The van der Waals surface area contributed by atoms with Gasteiger partial charge < -0.3 is 15.5 Å². The minimum absolute atomic E-state index is 0.134. The lowest BCUT2D eigenvalue weighted by atomic mass is 9.78. The van der Waals surface area contributed by atoms with Crippen molar-refractivity contribution in [3.8, 4) is 0 Å². The standard InChI is InChI=1S/C18H24BrN3O2/c19-15-3-1-14(2-4-15)17(24)21-9-5-16(23)22-11-7-18(8-12-22)6-10-20-13-18/h1-4,20H,5-13H2,(H,21,24). The van der Waals surface area contributed by atoms with Gasteiger partial charge in [0, 0.05) is 42.6 Å². The van der Waals surface area contributed by atoms with Crippen LogP contribution in [0.3, 0.4) is 0 Å². The number of halogens is 1. The Kier molecular flexibility index (Phi) is 5.56. The van der Waals surface area contributed by atoms with Gasteiger partial charge in [0.15, 0.2) is 0 Å². The zero-order chi connectivity index (χ0) is 17.0. The van der Waals surface area contributed by atoms with Gasteiger partial charge in [0.2, 0.25) is 5.91 Å². The highest BCUT2D eigenvalue weighted by Crippen LogP contribution is 2.36. The fourth-order valence-corrected chi connectivity index (χ4v) is 3.86. The first-order valence-electron chi connectivity index (χ1n) is 8.60. The predicted octanol–water partition coefficient (Wildman–Crippen LogP) is 2.17. The molecule has 2 aliphatic rings. The number of carbonyl (C=O) groups excluding carboxylic acids is 2. The van der Waals surface area contributed by atoms with E-state index in [9.17, 15) is 9.59 Å². The number of hydrogen-bond acceptors (Lipinski definition) is 3. The van der Waals surface area contributed by atoms with Gasteiger partial charge in [-0.1, -0.05) is 15.9 Å². The Bertz CT molecular complexity index is 587. The number of benzene rings is 1. The summed E-state index contributed by atoms with van der Waals surface area (Å²) in [5.41, 5.74) is 1.03. The fourth-order valence-electron chi connectivity index (χ4n) is 3.60. The normalized spacial score (nSPS) is 19.5. The van der Waals surface area contributed by atoms with E-state index >= 15 is 0 Å². The fraction of sp³-hybridized carbons (Fsp3) is 0.556.